The molecule has 0 saturated carbocycles. The van der Waals surface area contributed by atoms with Gasteiger partial charge in [-0.05, 0) is 37.0 Å². The van der Waals surface area contributed by atoms with Gasteiger partial charge in [-0.2, -0.15) is 0 Å². The number of para-hydroxylation sites is 1. The van der Waals surface area contributed by atoms with Gasteiger partial charge in [-0.25, -0.2) is 18.4 Å². The molecule has 31 heavy (non-hydrogen) atoms. The molecule has 2 atom stereocenters. The zero-order chi connectivity index (χ0) is 23.3. The summed E-state index contributed by atoms with van der Waals surface area (Å²) in [4.78, 5) is 36.6. The first kappa shape index (κ1) is 23.8. The number of anilines is 2. The fraction of sp³-hybridized carbons (Fsp3) is 0.318. The number of carboxylic acid groups (broad SMARTS) is 1. The molecule has 0 spiro atoms. The Kier molecular flexibility index (Phi) is 7.68. The van der Waals surface area contributed by atoms with Crippen molar-refractivity contribution in [1.29, 1.82) is 0 Å². The summed E-state index contributed by atoms with van der Waals surface area (Å²) in [6, 6.07) is 4.69. The van der Waals surface area contributed by atoms with Crippen molar-refractivity contribution in [2.75, 3.05) is 10.6 Å². The van der Waals surface area contributed by atoms with E-state index < -0.39 is 47.1 Å². The molecule has 0 saturated heterocycles. The van der Waals surface area contributed by atoms with Gasteiger partial charge < -0.3 is 21.1 Å². The van der Waals surface area contributed by atoms with Crippen molar-refractivity contribution in [2.45, 2.75) is 40.2 Å². The number of carbonyl (C=O) groups is 3. The van der Waals surface area contributed by atoms with Gasteiger partial charge in [-0.15, -0.1) is 0 Å². The van der Waals surface area contributed by atoms with Crippen molar-refractivity contribution in [1.82, 2.24) is 5.32 Å². The number of carbonyl (C=O) groups excluding carboxylic acids is 2. The van der Waals surface area contributed by atoms with Crippen LogP contribution >= 0.6 is 0 Å². The van der Waals surface area contributed by atoms with E-state index >= 15 is 0 Å². The van der Waals surface area contributed by atoms with Crippen LogP contribution in [0.1, 0.15) is 41.8 Å². The molecule has 0 aliphatic rings. The molecular weight excluding hydrogens is 408 g/mol. The maximum atomic E-state index is 13.8. The Morgan fingerprint density at radius 1 is 1.03 bits per heavy atom. The second kappa shape index (κ2) is 10.0. The zero-order valence-corrected chi connectivity index (χ0v) is 17.7. The summed E-state index contributed by atoms with van der Waals surface area (Å²) in [6.07, 6.45) is 0.471. The van der Waals surface area contributed by atoms with Crippen LogP contribution in [0, 0.1) is 31.4 Å². The third kappa shape index (κ3) is 5.78. The minimum absolute atomic E-state index is 0.298. The van der Waals surface area contributed by atoms with Crippen LogP contribution in [-0.4, -0.2) is 29.1 Å². The predicted molar refractivity (Wildman–Crippen MR) is 113 cm³/mol. The van der Waals surface area contributed by atoms with Crippen molar-refractivity contribution in [3.8, 4) is 0 Å². The number of benzene rings is 2. The van der Waals surface area contributed by atoms with Crippen molar-refractivity contribution in [3.63, 3.8) is 0 Å². The number of hydrogen-bond acceptors (Lipinski definition) is 3. The lowest BCUT2D eigenvalue weighted by molar-refractivity contribution is -0.140. The second-order valence-electron chi connectivity index (χ2n) is 7.33. The van der Waals surface area contributed by atoms with E-state index in [9.17, 15) is 28.3 Å². The molecule has 0 aliphatic carbocycles. The van der Waals surface area contributed by atoms with Gasteiger partial charge in [0.1, 0.15) is 6.04 Å². The van der Waals surface area contributed by atoms with Crippen LogP contribution in [0.25, 0.3) is 0 Å². The van der Waals surface area contributed by atoms with Crippen molar-refractivity contribution in [3.05, 3.63) is 58.7 Å². The van der Waals surface area contributed by atoms with Crippen LogP contribution in [0.5, 0.6) is 0 Å². The van der Waals surface area contributed by atoms with Crippen LogP contribution in [0.2, 0.25) is 0 Å². The van der Waals surface area contributed by atoms with E-state index in [1.807, 2.05) is 6.07 Å². The molecule has 4 N–H and O–H groups in total. The molecule has 7 nitrogen and oxygen atoms in total. The molecular formula is C22H25F2N3O4. The van der Waals surface area contributed by atoms with Gasteiger partial charge in [0, 0.05) is 11.8 Å². The van der Waals surface area contributed by atoms with E-state index in [-0.39, 0.29) is 5.69 Å². The number of aryl methyl sites for hydroxylation is 2. The monoisotopic (exact) mass is 433 g/mol. The summed E-state index contributed by atoms with van der Waals surface area (Å²) < 4.78 is 27.7. The van der Waals surface area contributed by atoms with Crippen LogP contribution in [0.3, 0.4) is 0 Å². The first-order chi connectivity index (χ1) is 14.5. The summed E-state index contributed by atoms with van der Waals surface area (Å²) in [5.41, 5.74) is 1.42. The number of nitrogens with one attached hydrogen (secondary N) is 3. The van der Waals surface area contributed by atoms with Crippen LogP contribution in [0.4, 0.5) is 25.0 Å². The molecule has 0 bridgehead atoms. The Balaban J connectivity index is 2.32. The summed E-state index contributed by atoms with van der Waals surface area (Å²) in [6.45, 7) is 6.98. The number of carboxylic acids is 1. The fourth-order valence-electron chi connectivity index (χ4n) is 3.02. The second-order valence-corrected chi connectivity index (χ2v) is 7.33. The molecule has 0 aliphatic heterocycles. The smallest absolute Gasteiger partial charge is 0.326 e. The quantitative estimate of drug-likeness (QED) is 0.517. The van der Waals surface area contributed by atoms with Crippen molar-refractivity contribution < 1.29 is 28.3 Å². The number of urea groups is 1. The van der Waals surface area contributed by atoms with Gasteiger partial charge >= 0.3 is 12.0 Å². The zero-order valence-electron chi connectivity index (χ0n) is 17.7. The third-order valence-corrected chi connectivity index (χ3v) is 5.04. The van der Waals surface area contributed by atoms with E-state index in [2.05, 4.69) is 16.0 Å². The molecule has 0 fully saturated rings. The number of amides is 3. The standard InChI is InChI=1S/C22H25F2N3O4/c1-5-11(2)19(21(29)30)26-20(28)14-9-15(23)16(24)10-17(14)25-22(31)27-18-12(3)7-6-8-13(18)4/h6-11,19H,5H2,1-4H3,(H,26,28)(H,29,30)(H2,25,27,31)/t11-,19-/m0/s1. The largest absolute Gasteiger partial charge is 0.480 e. The van der Waals surface area contributed by atoms with Gasteiger partial charge in [-0.1, -0.05) is 38.5 Å². The van der Waals surface area contributed by atoms with Gasteiger partial charge in [-0.3, -0.25) is 4.79 Å². The Morgan fingerprint density at radius 3 is 2.16 bits per heavy atom. The van der Waals surface area contributed by atoms with Crippen LogP contribution in [-0.2, 0) is 4.79 Å². The minimum Gasteiger partial charge on any atom is -0.480 e. The molecule has 0 unspecified atom stereocenters. The molecule has 0 heterocycles. The summed E-state index contributed by atoms with van der Waals surface area (Å²) in [7, 11) is 0. The SMILES string of the molecule is CC[C@H](C)[C@H](NC(=O)c1cc(F)c(F)cc1NC(=O)Nc1c(C)cccc1C)C(=O)O. The minimum atomic E-state index is -1.30. The van der Waals surface area contributed by atoms with Gasteiger partial charge in [0.15, 0.2) is 11.6 Å². The Morgan fingerprint density at radius 2 is 1.61 bits per heavy atom. The summed E-state index contributed by atoms with van der Waals surface area (Å²) >= 11 is 0. The highest BCUT2D eigenvalue weighted by atomic mass is 19.2. The molecule has 0 radical (unpaired) electrons. The van der Waals surface area contributed by atoms with Crippen molar-refractivity contribution >= 4 is 29.3 Å². The number of hydrogen-bond donors (Lipinski definition) is 4. The highest BCUT2D eigenvalue weighted by Gasteiger charge is 2.27. The van der Waals surface area contributed by atoms with E-state index in [1.54, 1.807) is 39.8 Å². The van der Waals surface area contributed by atoms with E-state index in [4.69, 9.17) is 0 Å². The molecule has 166 valence electrons. The first-order valence-electron chi connectivity index (χ1n) is 9.72. The topological polar surface area (TPSA) is 108 Å². The highest BCUT2D eigenvalue weighted by Crippen LogP contribution is 2.23. The van der Waals surface area contributed by atoms with Crippen LogP contribution < -0.4 is 16.0 Å². The fourth-order valence-corrected chi connectivity index (χ4v) is 3.02. The van der Waals surface area contributed by atoms with Gasteiger partial charge in [0.25, 0.3) is 5.91 Å². The lowest BCUT2D eigenvalue weighted by Gasteiger charge is -2.21. The Hall–Kier alpha value is -3.49. The molecule has 9 heteroatoms. The Labute approximate surface area is 178 Å². The lowest BCUT2D eigenvalue weighted by Crippen LogP contribution is -2.45. The molecule has 2 aromatic carbocycles. The van der Waals surface area contributed by atoms with Crippen molar-refractivity contribution in [2.24, 2.45) is 5.92 Å². The summed E-state index contributed by atoms with van der Waals surface area (Å²) in [5.74, 6) is -5.19. The van der Waals surface area contributed by atoms with Crippen LogP contribution in [0.15, 0.2) is 30.3 Å². The van der Waals surface area contributed by atoms with E-state index in [1.165, 1.54) is 0 Å². The molecule has 0 aromatic heterocycles. The number of halogens is 2. The first-order valence-corrected chi connectivity index (χ1v) is 9.72. The van der Waals surface area contributed by atoms with Gasteiger partial charge in [0.2, 0.25) is 0 Å². The highest BCUT2D eigenvalue weighted by molar-refractivity contribution is 6.07. The average Bonchev–Trinajstić information content (AvgIpc) is 2.70. The van der Waals surface area contributed by atoms with E-state index in [0.29, 0.717) is 24.2 Å². The predicted octanol–water partition coefficient (Wildman–Crippen LogP) is 4.45. The molecule has 2 rings (SSSR count). The summed E-state index contributed by atoms with van der Waals surface area (Å²) in [5, 5.41) is 16.6. The third-order valence-electron chi connectivity index (χ3n) is 5.04. The van der Waals surface area contributed by atoms with E-state index in [0.717, 1.165) is 11.1 Å². The Bertz CT molecular complexity index is 990. The normalized spacial score (nSPS) is 12.6. The maximum absolute atomic E-state index is 13.8. The average molecular weight is 433 g/mol. The number of aliphatic carboxylic acids is 1. The molecule has 2 aromatic rings. The van der Waals surface area contributed by atoms with Gasteiger partial charge in [0.05, 0.1) is 11.3 Å². The number of rotatable bonds is 7. The molecule has 3 amide bonds. The maximum Gasteiger partial charge on any atom is 0.326 e. The lowest BCUT2D eigenvalue weighted by atomic mass is 9.98.